The molecule has 13 heavy (non-hydrogen) atoms. The van der Waals surface area contributed by atoms with Crippen LogP contribution < -0.4 is 5.32 Å². The smallest absolute Gasteiger partial charge is 0.00462 e. The fourth-order valence-corrected chi connectivity index (χ4v) is 1.95. The molecule has 0 aromatic heterocycles. The van der Waals surface area contributed by atoms with Gasteiger partial charge in [0.05, 0.1) is 0 Å². The van der Waals surface area contributed by atoms with Gasteiger partial charge in [0.15, 0.2) is 0 Å². The Morgan fingerprint density at radius 3 is 2.85 bits per heavy atom. The van der Waals surface area contributed by atoms with Gasteiger partial charge in [0, 0.05) is 0 Å². The molecular formula is C12H16N. The van der Waals surface area contributed by atoms with Gasteiger partial charge in [-0.25, -0.2) is 0 Å². The van der Waals surface area contributed by atoms with E-state index in [1.807, 2.05) is 12.1 Å². The first-order chi connectivity index (χ1) is 6.45. The Morgan fingerprint density at radius 2 is 2.15 bits per heavy atom. The normalized spacial score (nSPS) is 18.8. The minimum Gasteiger partial charge on any atom is -0.317 e. The quantitative estimate of drug-likeness (QED) is 0.723. The van der Waals surface area contributed by atoms with Crippen LogP contribution in [0, 0.1) is 12.0 Å². The molecule has 1 aliphatic heterocycles. The molecule has 1 aromatic carbocycles. The molecule has 69 valence electrons. The predicted octanol–water partition coefficient (Wildman–Crippen LogP) is 2.03. The zero-order valence-electron chi connectivity index (χ0n) is 7.92. The summed E-state index contributed by atoms with van der Waals surface area (Å²) in [6.45, 7) is 2.38. The van der Waals surface area contributed by atoms with Gasteiger partial charge in [0.2, 0.25) is 0 Å². The molecule has 1 heteroatoms. The summed E-state index contributed by atoms with van der Waals surface area (Å²) in [6, 6.07) is 11.6. The molecule has 1 fully saturated rings. The molecule has 0 saturated carbocycles. The molecule has 1 nitrogen and oxygen atoms in total. The van der Waals surface area contributed by atoms with Gasteiger partial charge in [-0.3, -0.25) is 0 Å². The van der Waals surface area contributed by atoms with Crippen molar-refractivity contribution in [2.75, 3.05) is 13.1 Å². The van der Waals surface area contributed by atoms with E-state index in [9.17, 15) is 0 Å². The number of hydrogen-bond acceptors (Lipinski definition) is 1. The highest BCUT2D eigenvalue weighted by atomic mass is 14.9. The Labute approximate surface area is 80.2 Å². The minimum atomic E-state index is 0.875. The molecule has 1 N–H and O–H groups in total. The van der Waals surface area contributed by atoms with E-state index in [4.69, 9.17) is 0 Å². The van der Waals surface area contributed by atoms with Crippen molar-refractivity contribution in [3.63, 3.8) is 0 Å². The molecule has 0 unspecified atom stereocenters. The molecule has 0 bridgehead atoms. The molecule has 1 aromatic rings. The van der Waals surface area contributed by atoms with Gasteiger partial charge in [0.1, 0.15) is 0 Å². The molecular weight excluding hydrogens is 158 g/mol. The van der Waals surface area contributed by atoms with Crippen molar-refractivity contribution in [3.8, 4) is 0 Å². The Bertz CT molecular complexity index is 237. The van der Waals surface area contributed by atoms with Crippen LogP contribution in [0.15, 0.2) is 24.3 Å². The van der Waals surface area contributed by atoms with Gasteiger partial charge in [0.25, 0.3) is 0 Å². The minimum absolute atomic E-state index is 0.875. The predicted molar refractivity (Wildman–Crippen MR) is 54.6 cm³/mol. The topological polar surface area (TPSA) is 12.0 Å². The van der Waals surface area contributed by atoms with Gasteiger partial charge in [-0.05, 0) is 49.9 Å². The van der Waals surface area contributed by atoms with Crippen molar-refractivity contribution in [2.24, 2.45) is 5.92 Å². The van der Waals surface area contributed by atoms with Gasteiger partial charge in [-0.15, -0.1) is 0 Å². The van der Waals surface area contributed by atoms with Gasteiger partial charge in [-0.1, -0.05) is 24.3 Å². The summed E-state index contributed by atoms with van der Waals surface area (Å²) in [5.41, 5.74) is 1.37. The van der Waals surface area contributed by atoms with Gasteiger partial charge >= 0.3 is 0 Å². The van der Waals surface area contributed by atoms with E-state index in [-0.39, 0.29) is 0 Å². The van der Waals surface area contributed by atoms with E-state index in [1.54, 1.807) is 0 Å². The average molecular weight is 174 g/mol. The van der Waals surface area contributed by atoms with E-state index in [1.165, 1.54) is 37.9 Å². The van der Waals surface area contributed by atoms with Crippen LogP contribution in [-0.2, 0) is 6.42 Å². The lowest BCUT2D eigenvalue weighted by atomic mass is 9.91. The summed E-state index contributed by atoms with van der Waals surface area (Å²) in [4.78, 5) is 0. The SMILES string of the molecule is [c]1ccccc1CC1CCNCC1. The maximum atomic E-state index is 3.39. The number of benzene rings is 1. The van der Waals surface area contributed by atoms with Crippen LogP contribution in [0.3, 0.4) is 0 Å². The summed E-state index contributed by atoms with van der Waals surface area (Å²) in [6.07, 6.45) is 3.86. The van der Waals surface area contributed by atoms with Crippen molar-refractivity contribution in [1.29, 1.82) is 0 Å². The molecule has 0 aliphatic carbocycles. The fourth-order valence-electron chi connectivity index (χ4n) is 1.95. The summed E-state index contributed by atoms with van der Waals surface area (Å²) in [5, 5.41) is 3.39. The van der Waals surface area contributed by atoms with Crippen LogP contribution in [0.4, 0.5) is 0 Å². The Hall–Kier alpha value is -0.820. The summed E-state index contributed by atoms with van der Waals surface area (Å²) < 4.78 is 0. The molecule has 0 amide bonds. The van der Waals surface area contributed by atoms with Crippen LogP contribution in [0.2, 0.25) is 0 Å². The van der Waals surface area contributed by atoms with Crippen LogP contribution >= 0.6 is 0 Å². The molecule has 2 rings (SSSR count). The van der Waals surface area contributed by atoms with E-state index < -0.39 is 0 Å². The highest BCUT2D eigenvalue weighted by molar-refractivity contribution is 5.13. The van der Waals surface area contributed by atoms with E-state index >= 15 is 0 Å². The van der Waals surface area contributed by atoms with Crippen molar-refractivity contribution in [1.82, 2.24) is 5.32 Å². The van der Waals surface area contributed by atoms with Gasteiger partial charge < -0.3 is 5.32 Å². The maximum Gasteiger partial charge on any atom is -0.00462 e. The Kier molecular flexibility index (Phi) is 2.98. The second-order valence-electron chi connectivity index (χ2n) is 3.79. The third-order valence-corrected chi connectivity index (χ3v) is 2.74. The van der Waals surface area contributed by atoms with E-state index in [0.29, 0.717) is 0 Å². The van der Waals surface area contributed by atoms with E-state index in [2.05, 4.69) is 23.5 Å². The Morgan fingerprint density at radius 1 is 1.31 bits per heavy atom. The average Bonchev–Trinajstić information content (AvgIpc) is 2.21. The third-order valence-electron chi connectivity index (χ3n) is 2.74. The van der Waals surface area contributed by atoms with Crippen LogP contribution in [-0.4, -0.2) is 13.1 Å². The van der Waals surface area contributed by atoms with E-state index in [0.717, 1.165) is 5.92 Å². The first kappa shape index (κ1) is 8.76. The lowest BCUT2D eigenvalue weighted by Crippen LogP contribution is -2.28. The van der Waals surface area contributed by atoms with Crippen LogP contribution in [0.25, 0.3) is 0 Å². The highest BCUT2D eigenvalue weighted by Gasteiger charge is 2.12. The lowest BCUT2D eigenvalue weighted by molar-refractivity contribution is 0.372. The molecule has 0 atom stereocenters. The number of rotatable bonds is 2. The molecule has 1 saturated heterocycles. The molecule has 1 aliphatic rings. The summed E-state index contributed by atoms with van der Waals surface area (Å²) in [5.74, 6) is 0.875. The van der Waals surface area contributed by atoms with Gasteiger partial charge in [-0.2, -0.15) is 0 Å². The monoisotopic (exact) mass is 174 g/mol. The largest absolute Gasteiger partial charge is 0.317 e. The first-order valence-corrected chi connectivity index (χ1v) is 5.11. The van der Waals surface area contributed by atoms with Crippen LogP contribution in [0.5, 0.6) is 0 Å². The van der Waals surface area contributed by atoms with Crippen molar-refractivity contribution in [3.05, 3.63) is 35.9 Å². The molecule has 0 spiro atoms. The number of nitrogens with one attached hydrogen (secondary N) is 1. The second kappa shape index (κ2) is 4.43. The molecule has 1 radical (unpaired) electrons. The fraction of sp³-hybridized carbons (Fsp3) is 0.500. The zero-order chi connectivity index (χ0) is 8.93. The zero-order valence-corrected chi connectivity index (χ0v) is 7.92. The number of piperidine rings is 1. The standard InChI is InChI=1S/C12H16N/c1-2-4-11(5-3-1)10-12-6-8-13-9-7-12/h1-4,12-13H,6-10H2. The summed E-state index contributed by atoms with van der Waals surface area (Å²) in [7, 11) is 0. The van der Waals surface area contributed by atoms with Crippen molar-refractivity contribution >= 4 is 0 Å². The Balaban J connectivity index is 1.90. The summed E-state index contributed by atoms with van der Waals surface area (Å²) >= 11 is 0. The molecule has 1 heterocycles. The second-order valence-corrected chi connectivity index (χ2v) is 3.79. The third kappa shape index (κ3) is 2.56. The highest BCUT2D eigenvalue weighted by Crippen LogP contribution is 2.17. The number of hydrogen-bond donors (Lipinski definition) is 1. The lowest BCUT2D eigenvalue weighted by Gasteiger charge is -2.22. The maximum absolute atomic E-state index is 3.39. The first-order valence-electron chi connectivity index (χ1n) is 5.11. The van der Waals surface area contributed by atoms with Crippen LogP contribution in [0.1, 0.15) is 18.4 Å². The van der Waals surface area contributed by atoms with Crippen molar-refractivity contribution < 1.29 is 0 Å². The van der Waals surface area contributed by atoms with Crippen molar-refractivity contribution in [2.45, 2.75) is 19.3 Å².